The summed E-state index contributed by atoms with van der Waals surface area (Å²) in [4.78, 5) is 30.2. The molecular weight excluding hydrogens is 432 g/mol. The van der Waals surface area contributed by atoms with Gasteiger partial charge in [0.15, 0.2) is 0 Å². The van der Waals surface area contributed by atoms with Gasteiger partial charge in [-0.1, -0.05) is 26.0 Å². The van der Waals surface area contributed by atoms with Gasteiger partial charge in [0.1, 0.15) is 23.4 Å². The van der Waals surface area contributed by atoms with Crippen LogP contribution in [0, 0.1) is 0 Å². The monoisotopic (exact) mass is 464 g/mol. The van der Waals surface area contributed by atoms with Crippen molar-refractivity contribution in [1.29, 1.82) is 0 Å². The number of aliphatic hydroxyl groups is 1. The van der Waals surface area contributed by atoms with Gasteiger partial charge in [-0.2, -0.15) is 0 Å². The Morgan fingerprint density at radius 2 is 1.85 bits per heavy atom. The van der Waals surface area contributed by atoms with Crippen molar-refractivity contribution in [1.82, 2.24) is 9.80 Å². The summed E-state index contributed by atoms with van der Waals surface area (Å²) in [5, 5.41) is 11.3. The molecular formula is C27H32N2O5. The lowest BCUT2D eigenvalue weighted by molar-refractivity contribution is -0.140. The molecule has 0 spiro atoms. The summed E-state index contributed by atoms with van der Waals surface area (Å²) < 4.78 is 11.0. The second-order valence-electron chi connectivity index (χ2n) is 8.75. The maximum absolute atomic E-state index is 13.2. The largest absolute Gasteiger partial charge is 0.507 e. The van der Waals surface area contributed by atoms with Gasteiger partial charge < -0.3 is 24.4 Å². The van der Waals surface area contributed by atoms with Crippen molar-refractivity contribution in [3.63, 3.8) is 0 Å². The number of methoxy groups -OCH3 is 1. The van der Waals surface area contributed by atoms with Crippen LogP contribution in [0.1, 0.15) is 43.5 Å². The van der Waals surface area contributed by atoms with Crippen molar-refractivity contribution < 1.29 is 24.2 Å². The molecule has 2 aromatic rings. The van der Waals surface area contributed by atoms with Gasteiger partial charge in [0, 0.05) is 25.1 Å². The maximum atomic E-state index is 13.2. The number of likely N-dealkylation sites (tertiary alicyclic amines) is 1. The Bertz CT molecular complexity index is 1100. The first-order chi connectivity index (χ1) is 16.4. The van der Waals surface area contributed by atoms with Crippen LogP contribution in [0.3, 0.4) is 0 Å². The number of benzene rings is 2. The highest BCUT2D eigenvalue weighted by Crippen LogP contribution is 2.40. The number of amides is 1. The molecule has 7 heteroatoms. The molecule has 2 aromatic carbocycles. The van der Waals surface area contributed by atoms with Crippen LogP contribution in [0.2, 0.25) is 0 Å². The van der Waals surface area contributed by atoms with E-state index in [0.717, 1.165) is 36.4 Å². The molecule has 0 radical (unpaired) electrons. The number of nitrogens with zero attached hydrogens (tertiary/aromatic N) is 2. The second-order valence-corrected chi connectivity index (χ2v) is 8.75. The Hall–Kier alpha value is -3.32. The van der Waals surface area contributed by atoms with Gasteiger partial charge in [0.2, 0.25) is 0 Å². The summed E-state index contributed by atoms with van der Waals surface area (Å²) in [6, 6.07) is 12.0. The summed E-state index contributed by atoms with van der Waals surface area (Å²) in [7, 11) is 1.59. The van der Waals surface area contributed by atoms with Gasteiger partial charge in [0.05, 0.1) is 18.7 Å². The number of ketones is 1. The average molecular weight is 465 g/mol. The predicted octanol–water partition coefficient (Wildman–Crippen LogP) is 3.78. The highest BCUT2D eigenvalue weighted by molar-refractivity contribution is 6.46. The molecule has 0 aliphatic carbocycles. The van der Waals surface area contributed by atoms with E-state index in [1.807, 2.05) is 31.2 Å². The third kappa shape index (κ3) is 4.40. The van der Waals surface area contributed by atoms with Crippen molar-refractivity contribution >= 4 is 17.4 Å². The van der Waals surface area contributed by atoms with E-state index in [9.17, 15) is 14.7 Å². The number of carbonyl (C=O) groups excluding carboxylic acids is 2. The van der Waals surface area contributed by atoms with Crippen molar-refractivity contribution in [2.45, 2.75) is 39.3 Å². The third-order valence-corrected chi connectivity index (χ3v) is 6.69. The fraction of sp³-hybridized carbons (Fsp3) is 0.407. The molecule has 34 heavy (non-hydrogen) atoms. The van der Waals surface area contributed by atoms with Gasteiger partial charge in [0.25, 0.3) is 11.7 Å². The molecule has 4 rings (SSSR count). The lowest BCUT2D eigenvalue weighted by atomic mass is 9.94. The number of Topliss-reactive ketones (excluding diaryl/α,β-unsaturated/α-hetero) is 1. The van der Waals surface area contributed by atoms with Crippen molar-refractivity contribution in [2.24, 2.45) is 0 Å². The number of rotatable bonds is 8. The minimum absolute atomic E-state index is 0.0670. The van der Waals surface area contributed by atoms with Crippen LogP contribution >= 0.6 is 0 Å². The normalized spacial score (nSPS) is 21.1. The number of likely N-dealkylation sites (N-methyl/N-ethyl adjacent to an activating group) is 1. The molecule has 0 bridgehead atoms. The SMILES string of the molecule is CCN(CC)CCN1C(=O)C(=O)C(=C(O)c2ccc3c(c2)C[C@H](C)O3)[C@H]1c1ccc(OC)cc1. The molecule has 1 fully saturated rings. The zero-order valence-corrected chi connectivity index (χ0v) is 20.2. The predicted molar refractivity (Wildman–Crippen MR) is 130 cm³/mol. The molecule has 2 heterocycles. The number of carbonyl (C=O) groups is 2. The van der Waals surface area contributed by atoms with E-state index >= 15 is 0 Å². The fourth-order valence-electron chi connectivity index (χ4n) is 4.76. The number of hydrogen-bond donors (Lipinski definition) is 1. The van der Waals surface area contributed by atoms with Crippen LogP contribution < -0.4 is 9.47 Å². The Morgan fingerprint density at radius 1 is 1.15 bits per heavy atom. The third-order valence-electron chi connectivity index (χ3n) is 6.69. The molecule has 0 aromatic heterocycles. The van der Waals surface area contributed by atoms with E-state index in [0.29, 0.717) is 24.4 Å². The van der Waals surface area contributed by atoms with E-state index in [4.69, 9.17) is 9.47 Å². The molecule has 1 saturated heterocycles. The van der Waals surface area contributed by atoms with Gasteiger partial charge in [-0.3, -0.25) is 9.59 Å². The lowest BCUT2D eigenvalue weighted by Crippen LogP contribution is -2.38. The van der Waals surface area contributed by atoms with Crippen LogP contribution in [0.15, 0.2) is 48.0 Å². The average Bonchev–Trinajstić information content (AvgIpc) is 3.35. The first-order valence-electron chi connectivity index (χ1n) is 11.8. The minimum Gasteiger partial charge on any atom is -0.507 e. The highest BCUT2D eigenvalue weighted by atomic mass is 16.5. The Kier molecular flexibility index (Phi) is 6.93. The first kappa shape index (κ1) is 23.8. The molecule has 1 amide bonds. The van der Waals surface area contributed by atoms with Crippen LogP contribution in [0.5, 0.6) is 11.5 Å². The number of fused-ring (bicyclic) bond motifs is 1. The van der Waals surface area contributed by atoms with Crippen molar-refractivity contribution in [3.05, 3.63) is 64.7 Å². The lowest BCUT2D eigenvalue weighted by Gasteiger charge is -2.28. The molecule has 0 saturated carbocycles. The molecule has 180 valence electrons. The first-order valence-corrected chi connectivity index (χ1v) is 11.8. The quantitative estimate of drug-likeness (QED) is 0.364. The number of hydrogen-bond acceptors (Lipinski definition) is 6. The molecule has 1 N–H and O–H groups in total. The second kappa shape index (κ2) is 9.89. The van der Waals surface area contributed by atoms with E-state index in [1.165, 1.54) is 0 Å². The topological polar surface area (TPSA) is 79.3 Å². The summed E-state index contributed by atoms with van der Waals surface area (Å²) in [5.41, 5.74) is 2.35. The Balaban J connectivity index is 1.77. The van der Waals surface area contributed by atoms with Crippen LogP contribution in [0.25, 0.3) is 5.76 Å². The van der Waals surface area contributed by atoms with Crippen LogP contribution in [-0.2, 0) is 16.0 Å². The Morgan fingerprint density at radius 3 is 2.50 bits per heavy atom. The number of aliphatic hydroxyl groups excluding tert-OH is 1. The van der Waals surface area contributed by atoms with E-state index in [1.54, 1.807) is 30.2 Å². The van der Waals surface area contributed by atoms with Crippen LogP contribution in [-0.4, -0.2) is 66.0 Å². The molecule has 2 aliphatic rings. The van der Waals surface area contributed by atoms with Crippen molar-refractivity contribution in [2.75, 3.05) is 33.3 Å². The summed E-state index contributed by atoms with van der Waals surface area (Å²) in [5.74, 6) is 0.0505. The maximum Gasteiger partial charge on any atom is 0.295 e. The number of ether oxygens (including phenoxy) is 2. The van der Waals surface area contributed by atoms with Gasteiger partial charge in [-0.25, -0.2) is 0 Å². The zero-order chi connectivity index (χ0) is 24.4. The molecule has 2 aliphatic heterocycles. The fourth-order valence-corrected chi connectivity index (χ4v) is 4.76. The van der Waals surface area contributed by atoms with E-state index < -0.39 is 17.7 Å². The van der Waals surface area contributed by atoms with Gasteiger partial charge in [-0.15, -0.1) is 0 Å². The van der Waals surface area contributed by atoms with E-state index in [-0.39, 0.29) is 17.4 Å². The zero-order valence-electron chi connectivity index (χ0n) is 20.2. The van der Waals surface area contributed by atoms with Gasteiger partial charge >= 0.3 is 0 Å². The summed E-state index contributed by atoms with van der Waals surface area (Å²) in [6.45, 7) is 8.85. The summed E-state index contributed by atoms with van der Waals surface area (Å²) in [6.07, 6.45) is 0.800. The molecule has 0 unspecified atom stereocenters. The molecule has 7 nitrogen and oxygen atoms in total. The Labute approximate surface area is 200 Å². The van der Waals surface area contributed by atoms with Crippen LogP contribution in [0.4, 0.5) is 0 Å². The highest BCUT2D eigenvalue weighted by Gasteiger charge is 2.46. The standard InChI is InChI=1S/C27H32N2O5/c1-5-28(6-2)13-14-29-24(18-7-10-21(33-4)11-8-18)23(26(31)27(29)32)25(30)19-9-12-22-20(16-19)15-17(3)34-22/h7-12,16-17,24,30H,5-6,13-15H2,1-4H3/t17-,24+/m0/s1. The summed E-state index contributed by atoms with van der Waals surface area (Å²) >= 11 is 0. The minimum atomic E-state index is -0.676. The van der Waals surface area contributed by atoms with Crippen molar-refractivity contribution in [3.8, 4) is 11.5 Å². The van der Waals surface area contributed by atoms with Gasteiger partial charge in [-0.05, 0) is 61.5 Å². The molecule has 2 atom stereocenters. The smallest absolute Gasteiger partial charge is 0.295 e. The van der Waals surface area contributed by atoms with E-state index in [2.05, 4.69) is 18.7 Å².